The second-order valence-corrected chi connectivity index (χ2v) is 5.52. The second-order valence-electron chi connectivity index (χ2n) is 5.52. The number of rotatable bonds is 2. The van der Waals surface area contributed by atoms with E-state index in [1.807, 2.05) is 13.0 Å². The normalized spacial score (nSPS) is 18.3. The molecule has 2 aromatic rings. The SMILES string of the molecule is Cc1cc(CN)cnc1-c1nc2n(n1)CCC(C(F)(F)F)C2. The van der Waals surface area contributed by atoms with E-state index < -0.39 is 12.1 Å². The highest BCUT2D eigenvalue weighted by Crippen LogP contribution is 2.34. The van der Waals surface area contributed by atoms with Gasteiger partial charge in [0.05, 0.1) is 5.92 Å². The van der Waals surface area contributed by atoms with E-state index in [-0.39, 0.29) is 19.4 Å². The van der Waals surface area contributed by atoms with Crippen molar-refractivity contribution in [2.24, 2.45) is 11.7 Å². The van der Waals surface area contributed by atoms with E-state index in [1.165, 1.54) is 0 Å². The minimum Gasteiger partial charge on any atom is -0.326 e. The lowest BCUT2D eigenvalue weighted by atomic mass is 9.98. The molecular formula is C14H16F3N5. The van der Waals surface area contributed by atoms with Crippen LogP contribution in [0.15, 0.2) is 12.3 Å². The molecule has 2 aromatic heterocycles. The minimum atomic E-state index is -4.19. The van der Waals surface area contributed by atoms with Crippen LogP contribution in [0.4, 0.5) is 13.2 Å². The van der Waals surface area contributed by atoms with E-state index in [1.54, 1.807) is 10.9 Å². The van der Waals surface area contributed by atoms with Gasteiger partial charge in [0.15, 0.2) is 5.82 Å². The van der Waals surface area contributed by atoms with E-state index in [2.05, 4.69) is 15.1 Å². The number of halogens is 3. The Kier molecular flexibility index (Phi) is 3.64. The smallest absolute Gasteiger partial charge is 0.326 e. The number of aryl methyl sites for hydroxylation is 2. The van der Waals surface area contributed by atoms with Crippen molar-refractivity contribution in [2.75, 3.05) is 0 Å². The highest BCUT2D eigenvalue weighted by Gasteiger charge is 2.42. The molecule has 0 saturated carbocycles. The van der Waals surface area contributed by atoms with Gasteiger partial charge in [-0.3, -0.25) is 4.98 Å². The van der Waals surface area contributed by atoms with E-state index in [0.717, 1.165) is 11.1 Å². The zero-order valence-electron chi connectivity index (χ0n) is 12.1. The van der Waals surface area contributed by atoms with Crippen molar-refractivity contribution >= 4 is 0 Å². The minimum absolute atomic E-state index is 0.0395. The molecule has 0 bridgehead atoms. The van der Waals surface area contributed by atoms with Gasteiger partial charge in [-0.25, -0.2) is 9.67 Å². The number of pyridine rings is 1. The average molecular weight is 311 g/mol. The van der Waals surface area contributed by atoms with E-state index in [4.69, 9.17) is 5.73 Å². The lowest BCUT2D eigenvalue weighted by Gasteiger charge is -2.24. The standard InChI is InChI=1S/C14H16F3N5/c1-8-4-9(6-18)7-19-12(8)13-20-11-5-10(14(15,16)17)2-3-22(11)21-13/h4,7,10H,2-3,5-6,18H2,1H3. The van der Waals surface area contributed by atoms with Gasteiger partial charge in [0.2, 0.25) is 0 Å². The molecule has 5 nitrogen and oxygen atoms in total. The first-order valence-corrected chi connectivity index (χ1v) is 7.05. The Balaban J connectivity index is 1.91. The summed E-state index contributed by atoms with van der Waals surface area (Å²) in [6, 6.07) is 1.89. The largest absolute Gasteiger partial charge is 0.392 e. The highest BCUT2D eigenvalue weighted by atomic mass is 19.4. The first-order valence-electron chi connectivity index (χ1n) is 7.05. The van der Waals surface area contributed by atoms with Crippen LogP contribution in [0.5, 0.6) is 0 Å². The van der Waals surface area contributed by atoms with Crippen molar-refractivity contribution in [1.29, 1.82) is 0 Å². The Labute approximate surface area is 125 Å². The number of hydrogen-bond donors (Lipinski definition) is 1. The van der Waals surface area contributed by atoms with Crippen LogP contribution in [0.3, 0.4) is 0 Å². The van der Waals surface area contributed by atoms with Gasteiger partial charge in [0.25, 0.3) is 0 Å². The molecule has 0 radical (unpaired) electrons. The molecule has 8 heteroatoms. The number of nitrogens with zero attached hydrogens (tertiary/aromatic N) is 4. The molecule has 3 heterocycles. The van der Waals surface area contributed by atoms with E-state index in [9.17, 15) is 13.2 Å². The van der Waals surface area contributed by atoms with Crippen molar-refractivity contribution in [3.05, 3.63) is 29.2 Å². The van der Waals surface area contributed by atoms with Crippen LogP contribution in [0, 0.1) is 12.8 Å². The number of aromatic nitrogens is 4. The third-order valence-electron chi connectivity index (χ3n) is 3.91. The van der Waals surface area contributed by atoms with Crippen molar-refractivity contribution in [3.63, 3.8) is 0 Å². The van der Waals surface area contributed by atoms with Crippen molar-refractivity contribution in [3.8, 4) is 11.5 Å². The maximum Gasteiger partial charge on any atom is 0.392 e. The average Bonchev–Trinajstić information content (AvgIpc) is 2.88. The van der Waals surface area contributed by atoms with Gasteiger partial charge >= 0.3 is 6.18 Å². The van der Waals surface area contributed by atoms with Crippen molar-refractivity contribution in [1.82, 2.24) is 19.7 Å². The summed E-state index contributed by atoms with van der Waals surface area (Å²) in [5.41, 5.74) is 7.90. The van der Waals surface area contributed by atoms with Crippen LogP contribution >= 0.6 is 0 Å². The Hall–Kier alpha value is -1.96. The van der Waals surface area contributed by atoms with Crippen LogP contribution in [-0.4, -0.2) is 25.9 Å². The Morgan fingerprint density at radius 1 is 1.41 bits per heavy atom. The van der Waals surface area contributed by atoms with Gasteiger partial charge in [-0.15, -0.1) is 5.10 Å². The molecule has 2 N–H and O–H groups in total. The summed E-state index contributed by atoms with van der Waals surface area (Å²) in [5, 5.41) is 4.30. The molecule has 3 rings (SSSR count). The van der Waals surface area contributed by atoms with Crippen LogP contribution in [0.2, 0.25) is 0 Å². The maximum absolute atomic E-state index is 12.8. The molecule has 1 unspecified atom stereocenters. The highest BCUT2D eigenvalue weighted by molar-refractivity contribution is 5.54. The Bertz CT molecular complexity index is 692. The molecule has 0 amide bonds. The predicted octanol–water partition coefficient (Wildman–Crippen LogP) is 2.23. The summed E-state index contributed by atoms with van der Waals surface area (Å²) in [6.07, 6.45) is -2.64. The second kappa shape index (κ2) is 5.35. The molecule has 0 saturated heterocycles. The van der Waals surface area contributed by atoms with Crippen LogP contribution in [-0.2, 0) is 19.5 Å². The fraction of sp³-hybridized carbons (Fsp3) is 0.500. The first-order chi connectivity index (χ1) is 10.4. The third-order valence-corrected chi connectivity index (χ3v) is 3.91. The van der Waals surface area contributed by atoms with Gasteiger partial charge in [-0.1, -0.05) is 6.07 Å². The number of fused-ring (bicyclic) bond motifs is 1. The summed E-state index contributed by atoms with van der Waals surface area (Å²) >= 11 is 0. The topological polar surface area (TPSA) is 69.6 Å². The number of alkyl halides is 3. The van der Waals surface area contributed by atoms with E-state index >= 15 is 0 Å². The maximum atomic E-state index is 12.8. The predicted molar refractivity (Wildman–Crippen MR) is 73.7 cm³/mol. The van der Waals surface area contributed by atoms with Crippen molar-refractivity contribution < 1.29 is 13.2 Å². The number of hydrogen-bond acceptors (Lipinski definition) is 4. The first kappa shape index (κ1) is 15.0. The molecule has 0 fully saturated rings. The van der Waals surface area contributed by atoms with Gasteiger partial charge in [-0.2, -0.15) is 13.2 Å². The van der Waals surface area contributed by atoms with Gasteiger partial charge in [0.1, 0.15) is 11.5 Å². The monoisotopic (exact) mass is 311 g/mol. The molecular weight excluding hydrogens is 295 g/mol. The van der Waals surface area contributed by atoms with Gasteiger partial charge in [-0.05, 0) is 24.5 Å². The molecule has 0 spiro atoms. The molecule has 1 aliphatic heterocycles. The fourth-order valence-corrected chi connectivity index (χ4v) is 2.66. The molecule has 118 valence electrons. The lowest BCUT2D eigenvalue weighted by Crippen LogP contribution is -2.31. The molecule has 22 heavy (non-hydrogen) atoms. The zero-order chi connectivity index (χ0) is 15.9. The summed E-state index contributed by atoms with van der Waals surface area (Å²) in [7, 11) is 0. The molecule has 1 atom stereocenters. The summed E-state index contributed by atoms with van der Waals surface area (Å²) in [4.78, 5) is 8.55. The van der Waals surface area contributed by atoms with Crippen LogP contribution in [0.1, 0.15) is 23.4 Å². The summed E-state index contributed by atoms with van der Waals surface area (Å²) in [5.74, 6) is -0.600. The fourth-order valence-electron chi connectivity index (χ4n) is 2.66. The molecule has 0 aliphatic carbocycles. The third kappa shape index (κ3) is 2.70. The Morgan fingerprint density at radius 3 is 2.82 bits per heavy atom. The van der Waals surface area contributed by atoms with Crippen LogP contribution < -0.4 is 5.73 Å². The van der Waals surface area contributed by atoms with Gasteiger partial charge < -0.3 is 5.73 Å². The van der Waals surface area contributed by atoms with Crippen molar-refractivity contribution in [2.45, 2.75) is 39.0 Å². The lowest BCUT2D eigenvalue weighted by molar-refractivity contribution is -0.179. The van der Waals surface area contributed by atoms with E-state index in [0.29, 0.717) is 23.9 Å². The zero-order valence-corrected chi connectivity index (χ0v) is 12.1. The molecule has 1 aliphatic rings. The molecule has 0 aromatic carbocycles. The van der Waals surface area contributed by atoms with Gasteiger partial charge in [0, 0.05) is 25.7 Å². The van der Waals surface area contributed by atoms with Crippen LogP contribution in [0.25, 0.3) is 11.5 Å². The summed E-state index contributed by atoms with van der Waals surface area (Å²) < 4.78 is 40.0. The number of nitrogens with two attached hydrogens (primary N) is 1. The Morgan fingerprint density at radius 2 is 2.18 bits per heavy atom. The quantitative estimate of drug-likeness (QED) is 0.923. The summed E-state index contributed by atoms with van der Waals surface area (Å²) in [6.45, 7) is 2.47.